The molecule has 2 aromatic rings. The van der Waals surface area contributed by atoms with Gasteiger partial charge in [-0.3, -0.25) is 9.10 Å². The molecule has 0 radical (unpaired) electrons. The number of methoxy groups -OCH3 is 2. The highest BCUT2D eigenvalue weighted by molar-refractivity contribution is 7.92. The summed E-state index contributed by atoms with van der Waals surface area (Å²) in [5.41, 5.74) is 1.13. The van der Waals surface area contributed by atoms with E-state index in [2.05, 4.69) is 24.1 Å². The fourth-order valence-corrected chi connectivity index (χ4v) is 6.33. The van der Waals surface area contributed by atoms with Crippen LogP contribution in [0.25, 0.3) is 0 Å². The highest BCUT2D eigenvalue weighted by Crippen LogP contribution is 2.28. The number of carbonyl (C=O) groups excluding carboxylic acids is 1. The molecule has 1 saturated heterocycles. The van der Waals surface area contributed by atoms with Crippen LogP contribution in [-0.4, -0.2) is 92.2 Å². The summed E-state index contributed by atoms with van der Waals surface area (Å²) in [6.07, 6.45) is 1.36. The molecule has 0 aromatic heterocycles. The third-order valence-corrected chi connectivity index (χ3v) is 10.0. The Morgan fingerprint density at radius 3 is 2.10 bits per heavy atom. The van der Waals surface area contributed by atoms with Gasteiger partial charge in [-0.2, -0.15) is 4.31 Å². The molecule has 0 spiro atoms. The predicted molar refractivity (Wildman–Crippen MR) is 155 cm³/mol. The van der Waals surface area contributed by atoms with Crippen molar-refractivity contribution in [3.63, 3.8) is 0 Å². The maximum atomic E-state index is 13.3. The molecule has 1 amide bonds. The minimum Gasteiger partial charge on any atom is -0.352 e. The molecule has 0 aliphatic carbocycles. The van der Waals surface area contributed by atoms with Crippen molar-refractivity contribution < 1.29 is 31.1 Å². The molecular formula is C27H40N4O7S2. The van der Waals surface area contributed by atoms with Crippen LogP contribution in [0.5, 0.6) is 0 Å². The monoisotopic (exact) mass is 596 g/mol. The van der Waals surface area contributed by atoms with E-state index in [1.807, 2.05) is 0 Å². The van der Waals surface area contributed by atoms with Crippen LogP contribution in [0.15, 0.2) is 47.4 Å². The first-order valence-electron chi connectivity index (χ1n) is 13.0. The van der Waals surface area contributed by atoms with Crippen molar-refractivity contribution in [1.82, 2.24) is 9.21 Å². The van der Waals surface area contributed by atoms with Crippen LogP contribution in [0.1, 0.15) is 42.5 Å². The zero-order valence-corrected chi connectivity index (χ0v) is 25.6. The molecule has 0 saturated carbocycles. The smallest absolute Gasteiger partial charge is 0.257 e. The highest BCUT2D eigenvalue weighted by atomic mass is 32.2. The SMILES string of the molecule is COC(OC)c1ccc(N(C)S(C)(=O)=O)c(C(=O)Nc2ccc(S(=O)(=O)N3CCN(CCC(C)C)CC3)cc2)c1. The molecule has 11 nitrogen and oxygen atoms in total. The molecule has 0 unspecified atom stereocenters. The first-order chi connectivity index (χ1) is 18.8. The molecule has 40 heavy (non-hydrogen) atoms. The van der Waals surface area contributed by atoms with Gasteiger partial charge in [0.2, 0.25) is 20.0 Å². The second kappa shape index (κ2) is 13.4. The predicted octanol–water partition coefficient (Wildman–Crippen LogP) is 2.98. The van der Waals surface area contributed by atoms with Crippen molar-refractivity contribution in [3.8, 4) is 0 Å². The molecule has 1 heterocycles. The Morgan fingerprint density at radius 1 is 0.975 bits per heavy atom. The van der Waals surface area contributed by atoms with Gasteiger partial charge in [0.25, 0.3) is 5.91 Å². The molecule has 3 rings (SSSR count). The minimum atomic E-state index is -3.68. The van der Waals surface area contributed by atoms with Crippen LogP contribution in [-0.2, 0) is 29.5 Å². The van der Waals surface area contributed by atoms with Crippen LogP contribution in [0.3, 0.4) is 0 Å². The lowest BCUT2D eigenvalue weighted by Crippen LogP contribution is -2.48. The number of anilines is 2. The number of hydrogen-bond acceptors (Lipinski definition) is 8. The van der Waals surface area contributed by atoms with E-state index in [9.17, 15) is 21.6 Å². The van der Waals surface area contributed by atoms with Crippen LogP contribution >= 0.6 is 0 Å². The number of piperazine rings is 1. The molecule has 0 atom stereocenters. The summed E-state index contributed by atoms with van der Waals surface area (Å²) in [5, 5.41) is 2.74. The first-order valence-corrected chi connectivity index (χ1v) is 16.3. The molecule has 1 aliphatic heterocycles. The molecule has 1 aliphatic rings. The van der Waals surface area contributed by atoms with E-state index in [1.54, 1.807) is 6.07 Å². The fourth-order valence-electron chi connectivity index (χ4n) is 4.40. The maximum absolute atomic E-state index is 13.3. The van der Waals surface area contributed by atoms with Crippen LogP contribution in [0.2, 0.25) is 0 Å². The lowest BCUT2D eigenvalue weighted by molar-refractivity contribution is -0.106. The van der Waals surface area contributed by atoms with Gasteiger partial charge < -0.3 is 19.7 Å². The molecule has 0 bridgehead atoms. The van der Waals surface area contributed by atoms with E-state index in [-0.39, 0.29) is 16.1 Å². The Bertz CT molecular complexity index is 1370. The van der Waals surface area contributed by atoms with Crippen molar-refractivity contribution in [2.45, 2.75) is 31.5 Å². The van der Waals surface area contributed by atoms with Crippen molar-refractivity contribution in [2.24, 2.45) is 5.92 Å². The van der Waals surface area contributed by atoms with Gasteiger partial charge >= 0.3 is 0 Å². The van der Waals surface area contributed by atoms with Gasteiger partial charge in [0, 0.05) is 58.7 Å². The molecule has 13 heteroatoms. The van der Waals surface area contributed by atoms with E-state index in [0.717, 1.165) is 23.5 Å². The number of ether oxygens (including phenoxy) is 2. The lowest BCUT2D eigenvalue weighted by atomic mass is 10.1. The van der Waals surface area contributed by atoms with Gasteiger partial charge in [-0.15, -0.1) is 0 Å². The second-order valence-corrected chi connectivity index (χ2v) is 14.2. The third kappa shape index (κ3) is 7.80. The summed E-state index contributed by atoms with van der Waals surface area (Å²) >= 11 is 0. The standard InChI is InChI=1S/C27H40N4O7S2/c1-20(2)13-14-30-15-17-31(18-16-30)40(35,36)23-10-8-22(9-11-23)28-26(32)24-19-21(27(37-4)38-5)7-12-25(24)29(3)39(6,33)34/h7-12,19-20,27H,13-18H2,1-6H3,(H,28,32). The Balaban J connectivity index is 1.78. The van der Waals surface area contributed by atoms with Crippen LogP contribution in [0.4, 0.5) is 11.4 Å². The number of hydrogen-bond donors (Lipinski definition) is 1. The van der Waals surface area contributed by atoms with Crippen molar-refractivity contribution >= 4 is 37.3 Å². The summed E-state index contributed by atoms with van der Waals surface area (Å²) in [6, 6.07) is 10.6. The van der Waals surface area contributed by atoms with Crippen molar-refractivity contribution in [1.29, 1.82) is 0 Å². The number of benzene rings is 2. The molecule has 1 N–H and O–H groups in total. The highest BCUT2D eigenvalue weighted by Gasteiger charge is 2.29. The Hall–Kier alpha value is -2.55. The largest absolute Gasteiger partial charge is 0.352 e. The summed E-state index contributed by atoms with van der Waals surface area (Å²) in [6.45, 7) is 7.55. The number of nitrogens with zero attached hydrogens (tertiary/aromatic N) is 3. The average molecular weight is 597 g/mol. The van der Waals surface area contributed by atoms with E-state index >= 15 is 0 Å². The zero-order valence-electron chi connectivity index (χ0n) is 24.0. The van der Waals surface area contributed by atoms with Crippen LogP contribution in [0, 0.1) is 5.92 Å². The van der Waals surface area contributed by atoms with E-state index < -0.39 is 32.2 Å². The Labute approximate surface area is 238 Å². The quantitative estimate of drug-likeness (QED) is 0.371. The summed E-state index contributed by atoms with van der Waals surface area (Å²) in [4.78, 5) is 15.8. The Kier molecular flexibility index (Phi) is 10.7. The maximum Gasteiger partial charge on any atom is 0.257 e. The number of rotatable bonds is 12. The molecular weight excluding hydrogens is 556 g/mol. The van der Waals surface area contributed by atoms with Gasteiger partial charge in [0.15, 0.2) is 6.29 Å². The third-order valence-electron chi connectivity index (χ3n) is 6.91. The van der Waals surface area contributed by atoms with Crippen LogP contribution < -0.4 is 9.62 Å². The normalized spacial score (nSPS) is 15.5. The van der Waals surface area contributed by atoms with E-state index in [0.29, 0.717) is 43.3 Å². The van der Waals surface area contributed by atoms with Crippen molar-refractivity contribution in [3.05, 3.63) is 53.6 Å². The van der Waals surface area contributed by atoms with Gasteiger partial charge in [0.1, 0.15) is 0 Å². The number of sulfonamides is 2. The minimum absolute atomic E-state index is 0.0801. The van der Waals surface area contributed by atoms with Crippen molar-refractivity contribution in [2.75, 3.05) is 69.9 Å². The van der Waals surface area contributed by atoms with Gasteiger partial charge in [0.05, 0.1) is 22.4 Å². The fraction of sp³-hybridized carbons (Fsp3) is 0.519. The Morgan fingerprint density at radius 2 is 1.57 bits per heavy atom. The summed E-state index contributed by atoms with van der Waals surface area (Å²) < 4.78 is 63.9. The summed E-state index contributed by atoms with van der Waals surface area (Å²) in [5.74, 6) is 0.0240. The lowest BCUT2D eigenvalue weighted by Gasteiger charge is -2.34. The number of carbonyl (C=O) groups is 1. The van der Waals surface area contributed by atoms with Gasteiger partial charge in [-0.25, -0.2) is 16.8 Å². The number of nitrogens with one attached hydrogen (secondary N) is 1. The van der Waals surface area contributed by atoms with Gasteiger partial charge in [-0.1, -0.05) is 19.9 Å². The molecule has 2 aromatic carbocycles. The van der Waals surface area contributed by atoms with Gasteiger partial charge in [-0.05, 0) is 55.3 Å². The van der Waals surface area contributed by atoms with E-state index in [4.69, 9.17) is 9.47 Å². The zero-order chi connectivity index (χ0) is 29.7. The number of amides is 1. The second-order valence-electron chi connectivity index (χ2n) is 10.2. The molecule has 222 valence electrons. The average Bonchev–Trinajstić information content (AvgIpc) is 2.92. The first kappa shape index (κ1) is 32.0. The summed E-state index contributed by atoms with van der Waals surface area (Å²) in [7, 11) is -3.07. The van der Waals surface area contributed by atoms with E-state index in [1.165, 1.54) is 62.0 Å². The molecule has 1 fully saturated rings. The topological polar surface area (TPSA) is 126 Å².